The first kappa shape index (κ1) is 16.2. The fourth-order valence-corrected chi connectivity index (χ4v) is 2.80. The van der Waals surface area contributed by atoms with Crippen LogP contribution >= 0.6 is 15.9 Å². The zero-order valence-corrected chi connectivity index (χ0v) is 13.6. The van der Waals surface area contributed by atoms with Crippen LogP contribution in [0.25, 0.3) is 0 Å². The van der Waals surface area contributed by atoms with Gasteiger partial charge in [0.2, 0.25) is 0 Å². The first-order valence-corrected chi connectivity index (χ1v) is 7.97. The van der Waals surface area contributed by atoms with Gasteiger partial charge in [-0.25, -0.2) is 0 Å². The van der Waals surface area contributed by atoms with E-state index in [-0.39, 0.29) is 5.97 Å². The van der Waals surface area contributed by atoms with Gasteiger partial charge >= 0.3 is 5.97 Å². The molecule has 0 amide bonds. The molecular weight excluding hydrogens is 304 g/mol. The molecule has 0 spiro atoms. The van der Waals surface area contributed by atoms with Gasteiger partial charge in [-0.15, -0.1) is 0 Å². The maximum Gasteiger partial charge on any atom is 0.316 e. The van der Waals surface area contributed by atoms with E-state index in [0.717, 1.165) is 35.7 Å². The molecule has 0 aromatic heterocycles. The second-order valence-corrected chi connectivity index (χ2v) is 5.81. The summed E-state index contributed by atoms with van der Waals surface area (Å²) in [6.07, 6.45) is 2.90. The van der Waals surface area contributed by atoms with E-state index in [1.165, 1.54) is 0 Å². The topological polar surface area (TPSA) is 26.3 Å². The molecule has 19 heavy (non-hydrogen) atoms. The maximum atomic E-state index is 12.4. The molecule has 1 atom stereocenters. The molecule has 0 bridgehead atoms. The molecule has 0 saturated carbocycles. The van der Waals surface area contributed by atoms with Crippen LogP contribution in [0.3, 0.4) is 0 Å². The average Bonchev–Trinajstić information content (AvgIpc) is 2.39. The van der Waals surface area contributed by atoms with Crippen LogP contribution in [0, 0.1) is 6.92 Å². The molecule has 1 rings (SSSR count). The second-order valence-electron chi connectivity index (χ2n) is 5.01. The van der Waals surface area contributed by atoms with Gasteiger partial charge in [0.15, 0.2) is 0 Å². The number of halogens is 1. The molecule has 0 radical (unpaired) electrons. The number of hydrogen-bond donors (Lipinski definition) is 0. The Bertz CT molecular complexity index is 417. The number of unbranched alkanes of at least 4 members (excludes halogenated alkanes) is 1. The van der Waals surface area contributed by atoms with Crippen molar-refractivity contribution in [3.05, 3.63) is 35.4 Å². The van der Waals surface area contributed by atoms with Crippen LogP contribution in [0.15, 0.2) is 24.3 Å². The van der Waals surface area contributed by atoms with E-state index in [1.807, 2.05) is 32.0 Å². The number of hydrogen-bond acceptors (Lipinski definition) is 2. The molecule has 1 aromatic carbocycles. The van der Waals surface area contributed by atoms with E-state index >= 15 is 0 Å². The van der Waals surface area contributed by atoms with Crippen molar-refractivity contribution in [2.75, 3.05) is 11.9 Å². The summed E-state index contributed by atoms with van der Waals surface area (Å²) in [7, 11) is 0. The summed E-state index contributed by atoms with van der Waals surface area (Å²) in [5.41, 5.74) is 1.70. The minimum absolute atomic E-state index is 0.112. The zero-order chi connectivity index (χ0) is 14.3. The summed E-state index contributed by atoms with van der Waals surface area (Å²) in [6.45, 7) is 6.34. The molecule has 1 aromatic rings. The van der Waals surface area contributed by atoms with E-state index in [0.29, 0.717) is 6.61 Å². The molecule has 1 unspecified atom stereocenters. The van der Waals surface area contributed by atoms with Crippen molar-refractivity contribution in [2.45, 2.75) is 45.4 Å². The Morgan fingerprint density at radius 1 is 1.32 bits per heavy atom. The monoisotopic (exact) mass is 326 g/mol. The lowest BCUT2D eigenvalue weighted by molar-refractivity contribution is -0.149. The summed E-state index contributed by atoms with van der Waals surface area (Å²) in [5.74, 6) is -0.112. The maximum absolute atomic E-state index is 12.4. The largest absolute Gasteiger partial charge is 0.465 e. The fourth-order valence-electron chi connectivity index (χ4n) is 2.40. The predicted molar refractivity (Wildman–Crippen MR) is 82.8 cm³/mol. The fraction of sp³-hybridized carbons (Fsp3) is 0.562. The molecule has 2 nitrogen and oxygen atoms in total. The number of alkyl halides is 1. The highest BCUT2D eigenvalue weighted by Gasteiger charge is 2.37. The predicted octanol–water partition coefficient (Wildman–Crippen LogP) is 4.38. The molecule has 0 heterocycles. The van der Waals surface area contributed by atoms with Crippen LogP contribution in [-0.2, 0) is 14.9 Å². The number of ether oxygens (including phenoxy) is 1. The van der Waals surface area contributed by atoms with Crippen molar-refractivity contribution < 1.29 is 9.53 Å². The smallest absolute Gasteiger partial charge is 0.316 e. The number of esters is 1. The molecule has 0 aliphatic rings. The number of carbonyl (C=O) groups excluding carboxylic acids is 1. The molecule has 0 aliphatic heterocycles. The van der Waals surface area contributed by atoms with Crippen LogP contribution in [0.2, 0.25) is 0 Å². The molecule has 0 saturated heterocycles. The Hall–Kier alpha value is -0.830. The second kappa shape index (κ2) is 7.68. The van der Waals surface area contributed by atoms with Crippen molar-refractivity contribution in [3.63, 3.8) is 0 Å². The number of carbonyl (C=O) groups is 1. The third-order valence-corrected chi connectivity index (χ3v) is 4.09. The number of rotatable bonds is 7. The highest BCUT2D eigenvalue weighted by atomic mass is 79.9. The first-order chi connectivity index (χ1) is 9.06. The minimum atomic E-state index is -0.538. The van der Waals surface area contributed by atoms with E-state index in [9.17, 15) is 4.79 Å². The summed E-state index contributed by atoms with van der Waals surface area (Å²) in [5, 5.41) is 0.972. The zero-order valence-electron chi connectivity index (χ0n) is 12.0. The van der Waals surface area contributed by atoms with Crippen LogP contribution < -0.4 is 0 Å². The van der Waals surface area contributed by atoms with Gasteiger partial charge in [-0.2, -0.15) is 0 Å². The number of benzene rings is 1. The summed E-state index contributed by atoms with van der Waals surface area (Å²) in [6, 6.07) is 8.09. The Morgan fingerprint density at radius 3 is 2.58 bits per heavy atom. The van der Waals surface area contributed by atoms with E-state index in [4.69, 9.17) is 4.74 Å². The van der Waals surface area contributed by atoms with Gasteiger partial charge in [-0.3, -0.25) is 4.79 Å². The van der Waals surface area contributed by atoms with Gasteiger partial charge in [0.1, 0.15) is 0 Å². The molecule has 3 heteroatoms. The van der Waals surface area contributed by atoms with Gasteiger partial charge in [-0.05, 0) is 44.7 Å². The highest BCUT2D eigenvalue weighted by Crippen LogP contribution is 2.33. The standard InChI is InChI=1S/C16H23BrO2/c1-4-19-15(18)16(3,11-7-8-12-17)14-10-6-5-9-13(14)2/h5-6,9-10H,4,7-8,11-12H2,1-3H3. The highest BCUT2D eigenvalue weighted by molar-refractivity contribution is 9.09. The normalized spacial score (nSPS) is 13.9. The molecule has 0 N–H and O–H groups in total. The van der Waals surface area contributed by atoms with E-state index in [2.05, 4.69) is 28.9 Å². The van der Waals surface area contributed by atoms with Gasteiger partial charge < -0.3 is 4.74 Å². The van der Waals surface area contributed by atoms with Crippen molar-refractivity contribution in [3.8, 4) is 0 Å². The Labute approximate surface area is 124 Å². The first-order valence-electron chi connectivity index (χ1n) is 6.85. The third kappa shape index (κ3) is 4.07. The Kier molecular flexibility index (Phi) is 6.56. The van der Waals surface area contributed by atoms with Crippen molar-refractivity contribution >= 4 is 21.9 Å². The summed E-state index contributed by atoms with van der Waals surface area (Å²) in [4.78, 5) is 12.4. The molecular formula is C16H23BrO2. The van der Waals surface area contributed by atoms with Gasteiger partial charge in [-0.1, -0.05) is 46.6 Å². The summed E-state index contributed by atoms with van der Waals surface area (Å²) < 4.78 is 5.30. The van der Waals surface area contributed by atoms with Crippen LogP contribution in [0.1, 0.15) is 44.2 Å². The SMILES string of the molecule is CCOC(=O)C(C)(CCCCBr)c1ccccc1C. The molecule has 106 valence electrons. The van der Waals surface area contributed by atoms with Crippen LogP contribution in [-0.4, -0.2) is 17.9 Å². The van der Waals surface area contributed by atoms with Gasteiger partial charge in [0.05, 0.1) is 12.0 Å². The lowest BCUT2D eigenvalue weighted by Gasteiger charge is -2.29. The molecule has 0 aliphatic carbocycles. The lowest BCUT2D eigenvalue weighted by atomic mass is 9.76. The quantitative estimate of drug-likeness (QED) is 0.422. The van der Waals surface area contributed by atoms with Gasteiger partial charge in [0.25, 0.3) is 0 Å². The van der Waals surface area contributed by atoms with Crippen LogP contribution in [0.4, 0.5) is 0 Å². The van der Waals surface area contributed by atoms with E-state index < -0.39 is 5.41 Å². The average molecular weight is 327 g/mol. The van der Waals surface area contributed by atoms with E-state index in [1.54, 1.807) is 0 Å². The third-order valence-electron chi connectivity index (χ3n) is 3.53. The van der Waals surface area contributed by atoms with Gasteiger partial charge in [0, 0.05) is 5.33 Å². The van der Waals surface area contributed by atoms with Crippen LogP contribution in [0.5, 0.6) is 0 Å². The Morgan fingerprint density at radius 2 is 2.00 bits per heavy atom. The number of aryl methyl sites for hydroxylation is 1. The minimum Gasteiger partial charge on any atom is -0.465 e. The summed E-state index contributed by atoms with van der Waals surface area (Å²) >= 11 is 3.44. The van der Waals surface area contributed by atoms with Crippen molar-refractivity contribution in [2.24, 2.45) is 0 Å². The Balaban J connectivity index is 3.04. The lowest BCUT2D eigenvalue weighted by Crippen LogP contribution is -2.35. The molecule has 0 fully saturated rings. The van der Waals surface area contributed by atoms with Crippen molar-refractivity contribution in [1.29, 1.82) is 0 Å². The van der Waals surface area contributed by atoms with Crippen molar-refractivity contribution in [1.82, 2.24) is 0 Å².